The van der Waals surface area contributed by atoms with Crippen molar-refractivity contribution in [3.05, 3.63) is 82.1 Å². The van der Waals surface area contributed by atoms with Gasteiger partial charge >= 0.3 is 0 Å². The van der Waals surface area contributed by atoms with Gasteiger partial charge in [0.15, 0.2) is 0 Å². The topological polar surface area (TPSA) is 46.4 Å². The van der Waals surface area contributed by atoms with Gasteiger partial charge in [-0.05, 0) is 63.2 Å². The van der Waals surface area contributed by atoms with Gasteiger partial charge in [-0.15, -0.1) is 11.8 Å². The quantitative estimate of drug-likeness (QED) is 0.303. The molecular weight excluding hydrogens is 434 g/mol. The lowest BCUT2D eigenvalue weighted by Crippen LogP contribution is -2.26. The first-order chi connectivity index (χ1) is 13.5. The van der Waals surface area contributed by atoms with E-state index in [0.717, 1.165) is 32.0 Å². The third-order valence-corrected chi connectivity index (χ3v) is 6.00. The molecule has 4 nitrogen and oxygen atoms in total. The molecule has 6 heteroatoms. The lowest BCUT2D eigenvalue weighted by molar-refractivity contribution is -0.120. The van der Waals surface area contributed by atoms with E-state index >= 15 is 0 Å². The fraction of sp³-hybridized carbons (Fsp3) is 0.182. The summed E-state index contributed by atoms with van der Waals surface area (Å²) in [7, 11) is 0. The summed E-state index contributed by atoms with van der Waals surface area (Å²) in [5.41, 5.74) is 6.90. The monoisotopic (exact) mass is 455 g/mol. The Bertz CT molecular complexity index is 981. The third-order valence-electron chi connectivity index (χ3n) is 4.36. The zero-order chi connectivity index (χ0) is 20.1. The molecule has 0 bridgehead atoms. The highest BCUT2D eigenvalue weighted by Crippen LogP contribution is 2.23. The fourth-order valence-electron chi connectivity index (χ4n) is 2.92. The number of thioether (sulfide) groups is 1. The number of carbonyl (C=O) groups excluding carboxylic acids is 1. The van der Waals surface area contributed by atoms with Crippen molar-refractivity contribution < 1.29 is 4.79 Å². The summed E-state index contributed by atoms with van der Waals surface area (Å²) in [5, 5.41) is 3.94. The molecule has 0 fully saturated rings. The lowest BCUT2D eigenvalue weighted by Gasteiger charge is -2.10. The predicted octanol–water partition coefficient (Wildman–Crippen LogP) is 5.49. The van der Waals surface area contributed by atoms with Gasteiger partial charge in [0.05, 0.1) is 11.5 Å². The van der Waals surface area contributed by atoms with Gasteiger partial charge in [-0.2, -0.15) is 5.10 Å². The van der Waals surface area contributed by atoms with Crippen LogP contribution in [0, 0.1) is 13.8 Å². The van der Waals surface area contributed by atoms with E-state index in [2.05, 4.69) is 56.1 Å². The summed E-state index contributed by atoms with van der Waals surface area (Å²) < 4.78 is 3.22. The van der Waals surface area contributed by atoms with Crippen LogP contribution in [0.3, 0.4) is 0 Å². The molecule has 28 heavy (non-hydrogen) atoms. The molecular formula is C22H22BrN3OS. The van der Waals surface area contributed by atoms with E-state index < -0.39 is 0 Å². The van der Waals surface area contributed by atoms with E-state index in [4.69, 9.17) is 0 Å². The SMILES string of the molecule is Cc1cc(/C=N\NC(=O)[C@@H](C)Sc2ccccc2)c(C)n1-c1ccc(Br)cc1. The number of halogens is 1. The maximum absolute atomic E-state index is 12.3. The molecule has 0 spiro atoms. The Kier molecular flexibility index (Phi) is 6.75. The summed E-state index contributed by atoms with van der Waals surface area (Å²) in [6.07, 6.45) is 1.70. The van der Waals surface area contributed by atoms with Gasteiger partial charge in [-0.3, -0.25) is 4.79 Å². The number of aryl methyl sites for hydroxylation is 1. The zero-order valence-electron chi connectivity index (χ0n) is 16.0. The van der Waals surface area contributed by atoms with E-state index in [1.165, 1.54) is 11.8 Å². The molecule has 3 aromatic rings. The van der Waals surface area contributed by atoms with Crippen LogP contribution in [0.15, 0.2) is 75.1 Å². The molecule has 1 amide bonds. The van der Waals surface area contributed by atoms with Crippen molar-refractivity contribution >= 4 is 39.8 Å². The van der Waals surface area contributed by atoms with Crippen molar-refractivity contribution in [2.45, 2.75) is 30.9 Å². The summed E-state index contributed by atoms with van der Waals surface area (Å²) in [6, 6.07) is 20.1. The molecule has 144 valence electrons. The highest BCUT2D eigenvalue weighted by molar-refractivity contribution is 9.10. The first-order valence-corrected chi connectivity index (χ1v) is 10.6. The van der Waals surface area contributed by atoms with Gasteiger partial charge in [-0.25, -0.2) is 5.43 Å². The molecule has 1 atom stereocenters. The van der Waals surface area contributed by atoms with Gasteiger partial charge in [0.25, 0.3) is 5.91 Å². The molecule has 0 aliphatic carbocycles. The summed E-state index contributed by atoms with van der Waals surface area (Å²) in [6.45, 7) is 5.98. The minimum Gasteiger partial charge on any atom is -0.318 e. The zero-order valence-corrected chi connectivity index (χ0v) is 18.4. The van der Waals surface area contributed by atoms with Crippen molar-refractivity contribution in [3.63, 3.8) is 0 Å². The molecule has 0 unspecified atom stereocenters. The largest absolute Gasteiger partial charge is 0.318 e. The molecule has 0 aliphatic rings. The number of hydrogen-bond donors (Lipinski definition) is 1. The molecule has 2 aromatic carbocycles. The second-order valence-electron chi connectivity index (χ2n) is 6.45. The molecule has 3 rings (SSSR count). The maximum Gasteiger partial charge on any atom is 0.253 e. The van der Waals surface area contributed by atoms with Gasteiger partial charge in [0.2, 0.25) is 0 Å². The predicted molar refractivity (Wildman–Crippen MR) is 120 cm³/mol. The number of amides is 1. The van der Waals surface area contributed by atoms with Crippen molar-refractivity contribution in [3.8, 4) is 5.69 Å². The standard InChI is InChI=1S/C22H22BrN3OS/c1-15-13-18(16(2)26(15)20-11-9-19(23)10-12-20)14-24-25-22(27)17(3)28-21-7-5-4-6-8-21/h4-14,17H,1-3H3,(H,25,27)/b24-14-/t17-/m1/s1. The van der Waals surface area contributed by atoms with Crippen LogP contribution in [0.5, 0.6) is 0 Å². The van der Waals surface area contributed by atoms with Crippen molar-refractivity contribution in [2.75, 3.05) is 0 Å². The minimum absolute atomic E-state index is 0.119. The van der Waals surface area contributed by atoms with Crippen LogP contribution in [0.25, 0.3) is 5.69 Å². The molecule has 0 saturated heterocycles. The van der Waals surface area contributed by atoms with Crippen molar-refractivity contribution in [2.24, 2.45) is 5.10 Å². The van der Waals surface area contributed by atoms with Gasteiger partial charge < -0.3 is 4.57 Å². The normalized spacial score (nSPS) is 12.3. The molecule has 1 N–H and O–H groups in total. The summed E-state index contributed by atoms with van der Waals surface area (Å²) in [5.74, 6) is -0.119. The first kappa shape index (κ1) is 20.4. The van der Waals surface area contributed by atoms with Gasteiger partial charge in [-0.1, -0.05) is 34.1 Å². The van der Waals surface area contributed by atoms with Crippen LogP contribution >= 0.6 is 27.7 Å². The Labute approximate surface area is 178 Å². The number of benzene rings is 2. The number of carbonyl (C=O) groups is 1. The van der Waals surface area contributed by atoms with E-state index in [9.17, 15) is 4.79 Å². The Morgan fingerprint density at radius 1 is 1.14 bits per heavy atom. The molecule has 1 aromatic heterocycles. The van der Waals surface area contributed by atoms with Crippen molar-refractivity contribution in [1.29, 1.82) is 0 Å². The van der Waals surface area contributed by atoms with E-state index in [0.29, 0.717) is 0 Å². The fourth-order valence-corrected chi connectivity index (χ4v) is 4.07. The lowest BCUT2D eigenvalue weighted by atomic mass is 10.2. The van der Waals surface area contributed by atoms with Crippen LogP contribution in [-0.4, -0.2) is 21.9 Å². The average Bonchev–Trinajstić information content (AvgIpc) is 2.97. The summed E-state index contributed by atoms with van der Waals surface area (Å²) >= 11 is 4.98. The number of rotatable bonds is 6. The molecule has 1 heterocycles. The molecule has 0 saturated carbocycles. The van der Waals surface area contributed by atoms with Gasteiger partial charge in [0.1, 0.15) is 0 Å². The Morgan fingerprint density at radius 3 is 2.50 bits per heavy atom. The van der Waals surface area contributed by atoms with E-state index in [-0.39, 0.29) is 11.2 Å². The smallest absolute Gasteiger partial charge is 0.253 e. The average molecular weight is 456 g/mol. The molecule has 0 radical (unpaired) electrons. The molecule has 0 aliphatic heterocycles. The number of nitrogens with one attached hydrogen (secondary N) is 1. The number of hydrogen-bond acceptors (Lipinski definition) is 3. The number of hydrazone groups is 1. The Balaban J connectivity index is 1.67. The van der Waals surface area contributed by atoms with Crippen LogP contribution in [0.2, 0.25) is 0 Å². The van der Waals surface area contributed by atoms with Crippen molar-refractivity contribution in [1.82, 2.24) is 9.99 Å². The minimum atomic E-state index is -0.227. The van der Waals surface area contributed by atoms with E-state index in [1.54, 1.807) is 6.21 Å². The van der Waals surface area contributed by atoms with Crippen LogP contribution in [0.4, 0.5) is 0 Å². The third kappa shape index (κ3) is 4.94. The second kappa shape index (κ2) is 9.26. The number of aromatic nitrogens is 1. The second-order valence-corrected chi connectivity index (χ2v) is 8.78. The Hall–Kier alpha value is -2.31. The number of nitrogens with zero attached hydrogens (tertiary/aromatic N) is 2. The Morgan fingerprint density at radius 2 is 1.82 bits per heavy atom. The van der Waals surface area contributed by atoms with E-state index in [1.807, 2.05) is 56.3 Å². The van der Waals surface area contributed by atoms with Crippen LogP contribution in [-0.2, 0) is 4.79 Å². The first-order valence-electron chi connectivity index (χ1n) is 8.95. The highest BCUT2D eigenvalue weighted by atomic mass is 79.9. The van der Waals surface area contributed by atoms with Crippen LogP contribution in [0.1, 0.15) is 23.9 Å². The maximum atomic E-state index is 12.3. The summed E-state index contributed by atoms with van der Waals surface area (Å²) in [4.78, 5) is 13.4. The van der Waals surface area contributed by atoms with Gasteiger partial charge in [0, 0.05) is 32.0 Å². The highest BCUT2D eigenvalue weighted by Gasteiger charge is 2.14. The van der Waals surface area contributed by atoms with Crippen LogP contribution < -0.4 is 5.43 Å².